The Labute approximate surface area is 213 Å². The van der Waals surface area contributed by atoms with Crippen LogP contribution in [0.4, 0.5) is 13.2 Å². The van der Waals surface area contributed by atoms with Crippen LogP contribution in [-0.4, -0.2) is 77.1 Å². The summed E-state index contributed by atoms with van der Waals surface area (Å²) in [6, 6.07) is 10.3. The number of nitrogens with zero attached hydrogens (tertiary/aromatic N) is 2. The highest BCUT2D eigenvalue weighted by molar-refractivity contribution is 7.99. The van der Waals surface area contributed by atoms with E-state index < -0.39 is 23.4 Å². The number of aliphatic hydroxyl groups is 3. The summed E-state index contributed by atoms with van der Waals surface area (Å²) in [4.78, 5) is 5.55. The highest BCUT2D eigenvalue weighted by Crippen LogP contribution is 2.51. The Balaban J connectivity index is 0.00000204. The summed E-state index contributed by atoms with van der Waals surface area (Å²) in [5.74, 6) is 0. The summed E-state index contributed by atoms with van der Waals surface area (Å²) in [5, 5.41) is 32.0. The van der Waals surface area contributed by atoms with Crippen molar-refractivity contribution in [2.45, 2.75) is 34.1 Å². The Morgan fingerprint density at radius 1 is 0.912 bits per heavy atom. The molecule has 0 radical (unpaired) electrons. The molecule has 2 aliphatic heterocycles. The lowest BCUT2D eigenvalue weighted by Crippen LogP contribution is -2.49. The van der Waals surface area contributed by atoms with Gasteiger partial charge in [-0.2, -0.15) is 13.2 Å². The second-order valence-corrected chi connectivity index (χ2v) is 9.37. The molecule has 1 fully saturated rings. The Morgan fingerprint density at radius 2 is 1.50 bits per heavy atom. The second kappa shape index (κ2) is 11.8. The fourth-order valence-corrected chi connectivity index (χ4v) is 5.66. The van der Waals surface area contributed by atoms with E-state index in [1.165, 1.54) is 17.8 Å². The number of β-amino-alcohol motifs (C(OH)–C–C–N with tert-alkyl or cyclic N) is 1. The quantitative estimate of drug-likeness (QED) is 0.520. The fourth-order valence-electron chi connectivity index (χ4n) is 4.48. The number of hydrogen-bond donors (Lipinski definition) is 3. The average Bonchev–Trinajstić information content (AvgIpc) is 2.78. The minimum atomic E-state index is -4.54. The number of alkyl halides is 3. The van der Waals surface area contributed by atoms with Crippen LogP contribution in [0.3, 0.4) is 0 Å². The molecule has 190 valence electrons. The van der Waals surface area contributed by atoms with Gasteiger partial charge in [-0.3, -0.25) is 4.90 Å². The Bertz CT molecular complexity index is 961. The zero-order chi connectivity index (χ0) is 22.9. The number of benzene rings is 2. The van der Waals surface area contributed by atoms with Gasteiger partial charge in [0, 0.05) is 60.2 Å². The first kappa shape index (κ1) is 29.2. The molecule has 0 bridgehead atoms. The molecular formula is C23H29Cl2F3N2O3S. The van der Waals surface area contributed by atoms with Gasteiger partial charge in [0.2, 0.25) is 0 Å². The summed E-state index contributed by atoms with van der Waals surface area (Å²) >= 11 is 1.30. The lowest BCUT2D eigenvalue weighted by molar-refractivity contribution is -0.138. The van der Waals surface area contributed by atoms with Crippen LogP contribution in [0.2, 0.25) is 0 Å². The molecule has 0 spiro atoms. The van der Waals surface area contributed by atoms with Gasteiger partial charge in [-0.05, 0) is 30.7 Å². The van der Waals surface area contributed by atoms with Crippen LogP contribution < -0.4 is 0 Å². The normalized spacial score (nSPS) is 21.6. The van der Waals surface area contributed by atoms with Crippen LogP contribution in [0.15, 0.2) is 52.3 Å². The maximum absolute atomic E-state index is 13.4. The monoisotopic (exact) mass is 540 g/mol. The van der Waals surface area contributed by atoms with Crippen LogP contribution in [0.1, 0.15) is 23.1 Å². The minimum Gasteiger partial charge on any atom is -0.395 e. The highest BCUT2D eigenvalue weighted by Gasteiger charge is 2.46. The standard InChI is InChI=1S/C23H27F3N2O3S.2ClH/c24-23(25,26)16-5-6-20-18(15-16)22(31,17-3-1-2-4-19(17)32-20)21(30)7-8-27-9-11-28(12-10-27)13-14-29;;/h1-6,15,21,29-31H,7-14H2;2*1H. The summed E-state index contributed by atoms with van der Waals surface area (Å²) in [7, 11) is 0. The van der Waals surface area contributed by atoms with Crippen molar-refractivity contribution in [1.82, 2.24) is 9.80 Å². The number of aliphatic hydroxyl groups excluding tert-OH is 2. The Morgan fingerprint density at radius 3 is 2.12 bits per heavy atom. The van der Waals surface area contributed by atoms with Crippen molar-refractivity contribution in [3.05, 3.63) is 59.2 Å². The van der Waals surface area contributed by atoms with Crippen molar-refractivity contribution in [2.75, 3.05) is 45.9 Å². The zero-order valence-electron chi connectivity index (χ0n) is 18.4. The van der Waals surface area contributed by atoms with Crippen molar-refractivity contribution in [3.8, 4) is 0 Å². The molecule has 4 rings (SSSR count). The maximum atomic E-state index is 13.4. The second-order valence-electron chi connectivity index (χ2n) is 8.28. The molecular weight excluding hydrogens is 512 g/mol. The van der Waals surface area contributed by atoms with E-state index in [1.54, 1.807) is 24.3 Å². The molecule has 11 heteroatoms. The molecule has 2 aliphatic rings. The first-order valence-electron chi connectivity index (χ1n) is 10.7. The number of halogens is 5. The van der Waals surface area contributed by atoms with E-state index in [0.717, 1.165) is 43.2 Å². The lowest BCUT2D eigenvalue weighted by atomic mass is 9.79. The predicted molar refractivity (Wildman–Crippen MR) is 130 cm³/mol. The molecule has 2 heterocycles. The molecule has 0 aromatic heterocycles. The first-order chi connectivity index (χ1) is 15.2. The van der Waals surface area contributed by atoms with E-state index in [-0.39, 0.29) is 43.4 Å². The van der Waals surface area contributed by atoms with Gasteiger partial charge in [0.25, 0.3) is 0 Å². The zero-order valence-corrected chi connectivity index (χ0v) is 20.8. The lowest BCUT2D eigenvalue weighted by Gasteiger charge is -2.41. The number of fused-ring (bicyclic) bond motifs is 2. The van der Waals surface area contributed by atoms with Crippen LogP contribution in [-0.2, 0) is 11.8 Å². The summed E-state index contributed by atoms with van der Waals surface area (Å²) in [5.41, 5.74) is -2.26. The molecule has 0 aliphatic carbocycles. The van der Waals surface area contributed by atoms with Crippen molar-refractivity contribution >= 4 is 36.6 Å². The van der Waals surface area contributed by atoms with E-state index in [1.807, 2.05) is 0 Å². The van der Waals surface area contributed by atoms with Crippen molar-refractivity contribution < 1.29 is 28.5 Å². The Hall–Kier alpha value is -1.04. The van der Waals surface area contributed by atoms with Gasteiger partial charge < -0.3 is 20.2 Å². The van der Waals surface area contributed by atoms with Gasteiger partial charge in [0.05, 0.1) is 18.3 Å². The molecule has 5 nitrogen and oxygen atoms in total. The molecule has 2 unspecified atom stereocenters. The molecule has 0 saturated carbocycles. The van der Waals surface area contributed by atoms with Crippen LogP contribution in [0.25, 0.3) is 0 Å². The molecule has 2 aromatic rings. The molecule has 34 heavy (non-hydrogen) atoms. The number of rotatable bonds is 6. The Kier molecular flexibility index (Phi) is 10.1. The summed E-state index contributed by atoms with van der Waals surface area (Å²) < 4.78 is 40.2. The van der Waals surface area contributed by atoms with E-state index in [9.17, 15) is 23.4 Å². The van der Waals surface area contributed by atoms with Crippen molar-refractivity contribution in [1.29, 1.82) is 0 Å². The van der Waals surface area contributed by atoms with Crippen LogP contribution >= 0.6 is 36.6 Å². The van der Waals surface area contributed by atoms with Crippen LogP contribution in [0.5, 0.6) is 0 Å². The van der Waals surface area contributed by atoms with Gasteiger partial charge >= 0.3 is 6.18 Å². The number of piperazine rings is 1. The largest absolute Gasteiger partial charge is 0.416 e. The third-order valence-corrected chi connectivity index (χ3v) is 7.47. The van der Waals surface area contributed by atoms with Gasteiger partial charge in [0.15, 0.2) is 0 Å². The van der Waals surface area contributed by atoms with Gasteiger partial charge in [-0.25, -0.2) is 0 Å². The topological polar surface area (TPSA) is 67.2 Å². The van der Waals surface area contributed by atoms with E-state index >= 15 is 0 Å². The van der Waals surface area contributed by atoms with Gasteiger partial charge in [0.1, 0.15) is 5.60 Å². The first-order valence-corrected chi connectivity index (χ1v) is 11.5. The number of hydrogen-bond acceptors (Lipinski definition) is 6. The molecule has 0 amide bonds. The van der Waals surface area contributed by atoms with Crippen LogP contribution in [0, 0.1) is 0 Å². The minimum absolute atomic E-state index is 0. The smallest absolute Gasteiger partial charge is 0.395 e. The molecule has 2 atom stereocenters. The summed E-state index contributed by atoms with van der Waals surface area (Å²) in [6.45, 7) is 4.40. The maximum Gasteiger partial charge on any atom is 0.416 e. The molecule has 1 saturated heterocycles. The third-order valence-electron chi connectivity index (χ3n) is 6.32. The molecule has 3 N–H and O–H groups in total. The predicted octanol–water partition coefficient (Wildman–Crippen LogP) is 3.61. The third kappa shape index (κ3) is 5.84. The van der Waals surface area contributed by atoms with E-state index in [4.69, 9.17) is 5.11 Å². The van der Waals surface area contributed by atoms with Crippen molar-refractivity contribution in [3.63, 3.8) is 0 Å². The summed E-state index contributed by atoms with van der Waals surface area (Å²) in [6.07, 6.45) is -5.61. The van der Waals surface area contributed by atoms with Crippen molar-refractivity contribution in [2.24, 2.45) is 0 Å². The van der Waals surface area contributed by atoms with E-state index in [0.29, 0.717) is 23.5 Å². The highest BCUT2D eigenvalue weighted by atomic mass is 35.5. The fraction of sp³-hybridized carbons (Fsp3) is 0.478. The SMILES string of the molecule is Cl.Cl.OCCN1CCN(CCC(O)C2(O)c3ccccc3Sc3ccc(C(F)(F)F)cc32)CC1. The van der Waals surface area contributed by atoms with E-state index in [2.05, 4.69) is 9.80 Å². The molecule has 2 aromatic carbocycles. The van der Waals surface area contributed by atoms with Gasteiger partial charge in [-0.1, -0.05) is 30.0 Å². The average molecular weight is 541 g/mol. The van der Waals surface area contributed by atoms with Gasteiger partial charge in [-0.15, -0.1) is 24.8 Å².